The fourth-order valence-electron chi connectivity index (χ4n) is 1.46. The molecule has 0 fully saturated rings. The van der Waals surface area contributed by atoms with E-state index in [0.29, 0.717) is 5.92 Å². The Bertz CT molecular complexity index is 308. The molecule has 0 aromatic carbocycles. The zero-order valence-electron chi connectivity index (χ0n) is 7.31. The van der Waals surface area contributed by atoms with Gasteiger partial charge in [-0.05, 0) is 17.3 Å². The van der Waals surface area contributed by atoms with Gasteiger partial charge < -0.3 is 0 Å². The van der Waals surface area contributed by atoms with Gasteiger partial charge >= 0.3 is 6.34 Å². The molecule has 2 rings (SSSR count). The minimum atomic E-state index is 0.118. The topological polar surface area (TPSA) is 27.7 Å². The van der Waals surface area contributed by atoms with Crippen LogP contribution in [0.15, 0.2) is 34.2 Å². The van der Waals surface area contributed by atoms with Crippen LogP contribution in [0.3, 0.4) is 0 Å². The Morgan fingerprint density at radius 1 is 1.50 bits per heavy atom. The van der Waals surface area contributed by atoms with Crippen LogP contribution in [-0.2, 0) is 0 Å². The summed E-state index contributed by atoms with van der Waals surface area (Å²) in [5, 5.41) is 7.95. The van der Waals surface area contributed by atoms with Crippen molar-refractivity contribution >= 4 is 6.34 Å². The monoisotopic (exact) mass is 162 g/mol. The van der Waals surface area contributed by atoms with Crippen LogP contribution in [0.4, 0.5) is 0 Å². The van der Waals surface area contributed by atoms with Crippen LogP contribution < -0.4 is 0 Å². The largest absolute Gasteiger partial charge is 0.316 e. The normalized spacial score (nSPS) is 25.8. The highest BCUT2D eigenvalue weighted by Crippen LogP contribution is 2.20. The van der Waals surface area contributed by atoms with Crippen LogP contribution in [0, 0.1) is 5.92 Å². The van der Waals surface area contributed by atoms with Crippen molar-refractivity contribution in [2.75, 3.05) is 0 Å². The van der Waals surface area contributed by atoms with Gasteiger partial charge in [0.05, 0.1) is 5.11 Å². The number of fused-ring (bicyclic) bond motifs is 1. The maximum atomic E-state index is 4.06. The third-order valence-corrected chi connectivity index (χ3v) is 2.09. The number of rotatable bonds is 1. The Labute approximate surface area is 71.8 Å². The zero-order chi connectivity index (χ0) is 8.55. The third kappa shape index (κ3) is 1.02. The second kappa shape index (κ2) is 2.66. The third-order valence-electron chi connectivity index (χ3n) is 2.09. The summed E-state index contributed by atoms with van der Waals surface area (Å²) in [6, 6.07) is 0. The zero-order valence-corrected chi connectivity index (χ0v) is 7.31. The van der Waals surface area contributed by atoms with Crippen molar-refractivity contribution < 1.29 is 4.58 Å². The lowest BCUT2D eigenvalue weighted by Crippen LogP contribution is -2.24. The van der Waals surface area contributed by atoms with Gasteiger partial charge in [-0.3, -0.25) is 0 Å². The lowest BCUT2D eigenvalue weighted by molar-refractivity contribution is -0.502. The van der Waals surface area contributed by atoms with E-state index >= 15 is 0 Å². The molecule has 3 nitrogen and oxygen atoms in total. The molecule has 62 valence electrons. The molecule has 2 aliphatic rings. The minimum absolute atomic E-state index is 0.118. The minimum Gasteiger partial charge on any atom is -0.202 e. The van der Waals surface area contributed by atoms with Crippen molar-refractivity contribution in [1.82, 2.24) is 0 Å². The van der Waals surface area contributed by atoms with Crippen LogP contribution in [0.1, 0.15) is 13.8 Å². The average Bonchev–Trinajstić information content (AvgIpc) is 2.49. The van der Waals surface area contributed by atoms with Crippen LogP contribution in [0.25, 0.3) is 0 Å². The molecule has 0 radical (unpaired) electrons. The van der Waals surface area contributed by atoms with Crippen molar-refractivity contribution in [3.63, 3.8) is 0 Å². The maximum Gasteiger partial charge on any atom is 0.316 e. The Morgan fingerprint density at radius 3 is 3.08 bits per heavy atom. The molecule has 0 N–H and O–H groups in total. The van der Waals surface area contributed by atoms with Gasteiger partial charge in [-0.2, -0.15) is 0 Å². The lowest BCUT2D eigenvalue weighted by Gasteiger charge is -2.14. The molecule has 1 unspecified atom stereocenters. The second-order valence-electron chi connectivity index (χ2n) is 3.30. The summed E-state index contributed by atoms with van der Waals surface area (Å²) in [5.74, 6) is 0.525. The molecule has 3 heteroatoms. The number of hydrogen-bond acceptors (Lipinski definition) is 2. The van der Waals surface area contributed by atoms with Crippen molar-refractivity contribution in [2.45, 2.75) is 20.0 Å². The van der Waals surface area contributed by atoms with Gasteiger partial charge in [0.15, 0.2) is 0 Å². The first-order valence-electron chi connectivity index (χ1n) is 4.19. The van der Waals surface area contributed by atoms with Crippen molar-refractivity contribution in [1.29, 1.82) is 0 Å². The summed E-state index contributed by atoms with van der Waals surface area (Å²) < 4.78 is 2.10. The summed E-state index contributed by atoms with van der Waals surface area (Å²) in [4.78, 5) is 0. The van der Waals surface area contributed by atoms with Gasteiger partial charge in [-0.25, -0.2) is 4.58 Å². The van der Waals surface area contributed by atoms with E-state index in [9.17, 15) is 0 Å². The fourth-order valence-corrected chi connectivity index (χ4v) is 1.46. The Balaban J connectivity index is 2.35. The molecule has 0 saturated heterocycles. The van der Waals surface area contributed by atoms with E-state index in [1.54, 1.807) is 6.34 Å². The molecule has 0 saturated carbocycles. The molecular formula is C9H12N3+. The standard InChI is InChI=1S/C9H12N3/c1-7(2)8-4-3-5-9-11-10-6-12(8)9/h3-7,9H,1-2H3/q+1. The van der Waals surface area contributed by atoms with E-state index in [1.165, 1.54) is 5.70 Å². The van der Waals surface area contributed by atoms with Gasteiger partial charge in [0.25, 0.3) is 6.17 Å². The second-order valence-corrected chi connectivity index (χ2v) is 3.30. The predicted molar refractivity (Wildman–Crippen MR) is 47.0 cm³/mol. The highest BCUT2D eigenvalue weighted by Gasteiger charge is 2.27. The molecule has 12 heavy (non-hydrogen) atoms. The fraction of sp³-hybridized carbons (Fsp3) is 0.444. The Hall–Kier alpha value is -1.25. The van der Waals surface area contributed by atoms with Gasteiger partial charge in [0.2, 0.25) is 0 Å². The van der Waals surface area contributed by atoms with E-state index in [1.807, 2.05) is 6.08 Å². The quantitative estimate of drug-likeness (QED) is 0.527. The van der Waals surface area contributed by atoms with Gasteiger partial charge in [0, 0.05) is 5.92 Å². The van der Waals surface area contributed by atoms with E-state index in [2.05, 4.69) is 40.8 Å². The van der Waals surface area contributed by atoms with Gasteiger partial charge in [-0.15, -0.1) is 0 Å². The van der Waals surface area contributed by atoms with Crippen molar-refractivity contribution in [3.05, 3.63) is 23.9 Å². The van der Waals surface area contributed by atoms with Crippen LogP contribution in [-0.4, -0.2) is 17.1 Å². The van der Waals surface area contributed by atoms with E-state index in [0.717, 1.165) is 0 Å². The lowest BCUT2D eigenvalue weighted by atomic mass is 10.1. The number of allylic oxidation sites excluding steroid dienone is 3. The molecule has 0 aromatic heterocycles. The number of azo groups is 1. The van der Waals surface area contributed by atoms with Crippen LogP contribution in [0.2, 0.25) is 0 Å². The number of nitrogens with zero attached hydrogens (tertiary/aromatic N) is 3. The molecule has 0 amide bonds. The van der Waals surface area contributed by atoms with Gasteiger partial charge in [0.1, 0.15) is 5.70 Å². The van der Waals surface area contributed by atoms with Crippen molar-refractivity contribution in [2.24, 2.45) is 16.1 Å². The predicted octanol–water partition coefficient (Wildman–Crippen LogP) is 1.93. The smallest absolute Gasteiger partial charge is 0.202 e. The van der Waals surface area contributed by atoms with Gasteiger partial charge in [-0.1, -0.05) is 19.9 Å². The molecule has 1 atom stereocenters. The molecule has 0 aromatic rings. The summed E-state index contributed by atoms with van der Waals surface area (Å²) >= 11 is 0. The maximum absolute atomic E-state index is 4.06. The molecule has 0 spiro atoms. The SMILES string of the molecule is CC(C)C1=CC=CC2N=NC=[N+]12. The van der Waals surface area contributed by atoms with Crippen molar-refractivity contribution in [3.8, 4) is 0 Å². The molecule has 2 aliphatic heterocycles. The molecular weight excluding hydrogens is 150 g/mol. The summed E-state index contributed by atoms with van der Waals surface area (Å²) in [5.41, 5.74) is 1.28. The molecule has 0 bridgehead atoms. The molecule has 0 aliphatic carbocycles. The van der Waals surface area contributed by atoms with E-state index < -0.39 is 0 Å². The molecule has 2 heterocycles. The first kappa shape index (κ1) is 7.40. The summed E-state index contributed by atoms with van der Waals surface area (Å²) in [7, 11) is 0. The first-order valence-corrected chi connectivity index (χ1v) is 4.19. The van der Waals surface area contributed by atoms with E-state index in [-0.39, 0.29) is 6.17 Å². The number of hydrogen-bond donors (Lipinski definition) is 0. The summed E-state index contributed by atoms with van der Waals surface area (Å²) in [6.07, 6.45) is 8.12. The highest BCUT2D eigenvalue weighted by molar-refractivity contribution is 5.51. The summed E-state index contributed by atoms with van der Waals surface area (Å²) in [6.45, 7) is 4.35. The van der Waals surface area contributed by atoms with E-state index in [4.69, 9.17) is 0 Å². The Morgan fingerprint density at radius 2 is 2.33 bits per heavy atom. The van der Waals surface area contributed by atoms with Crippen LogP contribution >= 0.6 is 0 Å². The first-order chi connectivity index (χ1) is 5.79. The Kier molecular flexibility index (Phi) is 1.64. The highest BCUT2D eigenvalue weighted by atomic mass is 15.3. The average molecular weight is 162 g/mol. The van der Waals surface area contributed by atoms with Crippen LogP contribution in [0.5, 0.6) is 0 Å².